The molecular weight excluding hydrogens is 202 g/mol. The van der Waals surface area contributed by atoms with Crippen molar-refractivity contribution < 1.29 is 0 Å². The fourth-order valence-electron chi connectivity index (χ4n) is 2.23. The second kappa shape index (κ2) is 5.57. The van der Waals surface area contributed by atoms with Gasteiger partial charge in [0.15, 0.2) is 0 Å². The summed E-state index contributed by atoms with van der Waals surface area (Å²) in [6, 6.07) is 8.90. The van der Waals surface area contributed by atoms with Gasteiger partial charge in [-0.2, -0.15) is 11.8 Å². The Labute approximate surface area is 96.4 Å². The zero-order valence-electron chi connectivity index (χ0n) is 9.11. The highest BCUT2D eigenvalue weighted by Crippen LogP contribution is 2.34. The Balaban J connectivity index is 2.13. The Kier molecular flexibility index (Phi) is 4.09. The summed E-state index contributed by atoms with van der Waals surface area (Å²) in [6.45, 7) is 0.799. The normalized spacial score (nSPS) is 20.7. The van der Waals surface area contributed by atoms with Crippen LogP contribution in [0.15, 0.2) is 24.3 Å². The third-order valence-electron chi connectivity index (χ3n) is 3.07. The molecular formula is C13H19NS. The molecule has 1 aliphatic heterocycles. The van der Waals surface area contributed by atoms with E-state index in [1.165, 1.54) is 23.5 Å². The number of hydrogen-bond acceptors (Lipinski definition) is 2. The second-order valence-electron chi connectivity index (χ2n) is 4.15. The molecule has 82 valence electrons. The minimum atomic E-state index is 0.795. The maximum atomic E-state index is 5.58. The van der Waals surface area contributed by atoms with Crippen molar-refractivity contribution in [2.24, 2.45) is 5.73 Å². The minimum Gasteiger partial charge on any atom is -0.330 e. The lowest BCUT2D eigenvalue weighted by atomic mass is 9.92. The lowest BCUT2D eigenvalue weighted by Crippen LogP contribution is -2.05. The number of aryl methyl sites for hydroxylation is 1. The van der Waals surface area contributed by atoms with Crippen LogP contribution in [-0.4, -0.2) is 18.1 Å². The van der Waals surface area contributed by atoms with E-state index in [0.717, 1.165) is 25.3 Å². The predicted octanol–water partition coefficient (Wildman–Crippen LogP) is 2.80. The van der Waals surface area contributed by atoms with Crippen LogP contribution in [0.3, 0.4) is 0 Å². The van der Waals surface area contributed by atoms with Crippen molar-refractivity contribution in [3.05, 3.63) is 35.4 Å². The van der Waals surface area contributed by atoms with Crippen molar-refractivity contribution in [2.45, 2.75) is 25.2 Å². The molecule has 2 rings (SSSR count). The van der Waals surface area contributed by atoms with Gasteiger partial charge in [-0.1, -0.05) is 24.3 Å². The number of rotatable bonds is 4. The molecule has 0 aromatic heterocycles. The van der Waals surface area contributed by atoms with E-state index in [4.69, 9.17) is 5.73 Å². The van der Waals surface area contributed by atoms with Crippen LogP contribution in [0, 0.1) is 0 Å². The van der Waals surface area contributed by atoms with E-state index in [-0.39, 0.29) is 0 Å². The van der Waals surface area contributed by atoms with Gasteiger partial charge in [-0.25, -0.2) is 0 Å². The van der Waals surface area contributed by atoms with Gasteiger partial charge in [0, 0.05) is 5.75 Å². The molecule has 0 spiro atoms. The highest BCUT2D eigenvalue weighted by atomic mass is 32.2. The molecule has 15 heavy (non-hydrogen) atoms. The summed E-state index contributed by atoms with van der Waals surface area (Å²) < 4.78 is 0. The van der Waals surface area contributed by atoms with Crippen molar-refractivity contribution in [1.82, 2.24) is 0 Å². The predicted molar refractivity (Wildman–Crippen MR) is 68.5 cm³/mol. The Bertz CT molecular complexity index is 305. The molecule has 1 nitrogen and oxygen atoms in total. The van der Waals surface area contributed by atoms with E-state index in [1.807, 2.05) is 0 Å². The van der Waals surface area contributed by atoms with Crippen molar-refractivity contribution in [3.8, 4) is 0 Å². The van der Waals surface area contributed by atoms with Gasteiger partial charge in [-0.05, 0) is 48.6 Å². The lowest BCUT2D eigenvalue weighted by Gasteiger charge is -2.14. The zero-order chi connectivity index (χ0) is 10.5. The van der Waals surface area contributed by atoms with Gasteiger partial charge in [-0.15, -0.1) is 0 Å². The summed E-state index contributed by atoms with van der Waals surface area (Å²) >= 11 is 2.08. The first-order valence-electron chi connectivity index (χ1n) is 5.77. The molecule has 2 heteroatoms. The van der Waals surface area contributed by atoms with Crippen molar-refractivity contribution in [2.75, 3.05) is 18.1 Å². The molecule has 0 amide bonds. The van der Waals surface area contributed by atoms with Crippen LogP contribution in [0.1, 0.15) is 29.9 Å². The third-order valence-corrected chi connectivity index (χ3v) is 4.24. The molecule has 1 heterocycles. The third kappa shape index (κ3) is 2.76. The van der Waals surface area contributed by atoms with Gasteiger partial charge in [0.05, 0.1) is 0 Å². The summed E-state index contributed by atoms with van der Waals surface area (Å²) in [5.74, 6) is 3.43. The van der Waals surface area contributed by atoms with E-state index in [0.29, 0.717) is 0 Å². The Morgan fingerprint density at radius 2 is 2.20 bits per heavy atom. The molecule has 1 aromatic rings. The number of thioether (sulfide) groups is 1. The Morgan fingerprint density at radius 1 is 1.33 bits per heavy atom. The molecule has 2 N–H and O–H groups in total. The van der Waals surface area contributed by atoms with E-state index in [1.54, 1.807) is 5.56 Å². The summed E-state index contributed by atoms with van der Waals surface area (Å²) in [5.41, 5.74) is 8.68. The summed E-state index contributed by atoms with van der Waals surface area (Å²) in [6.07, 6.45) is 3.61. The molecule has 0 radical (unpaired) electrons. The Morgan fingerprint density at radius 3 is 2.93 bits per heavy atom. The van der Waals surface area contributed by atoms with Crippen LogP contribution < -0.4 is 5.73 Å². The fraction of sp³-hybridized carbons (Fsp3) is 0.538. The van der Waals surface area contributed by atoms with Crippen LogP contribution in [0.2, 0.25) is 0 Å². The number of hydrogen-bond donors (Lipinski definition) is 1. The van der Waals surface area contributed by atoms with Crippen molar-refractivity contribution in [1.29, 1.82) is 0 Å². The fourth-order valence-corrected chi connectivity index (χ4v) is 3.48. The van der Waals surface area contributed by atoms with Crippen LogP contribution in [0.5, 0.6) is 0 Å². The van der Waals surface area contributed by atoms with E-state index in [9.17, 15) is 0 Å². The lowest BCUT2D eigenvalue weighted by molar-refractivity contribution is 0.750. The SMILES string of the molecule is NCCCc1ccccc1C1CCSC1. The maximum Gasteiger partial charge on any atom is 0.000187 e. The molecule has 0 bridgehead atoms. The molecule has 1 fully saturated rings. The summed E-state index contributed by atoms with van der Waals surface area (Å²) in [5, 5.41) is 0. The van der Waals surface area contributed by atoms with Gasteiger partial charge in [-0.3, -0.25) is 0 Å². The summed E-state index contributed by atoms with van der Waals surface area (Å²) in [4.78, 5) is 0. The largest absolute Gasteiger partial charge is 0.330 e. The van der Waals surface area contributed by atoms with E-state index < -0.39 is 0 Å². The molecule has 1 unspecified atom stereocenters. The zero-order valence-corrected chi connectivity index (χ0v) is 9.93. The molecule has 1 atom stereocenters. The molecule has 0 saturated carbocycles. The van der Waals surface area contributed by atoms with Crippen molar-refractivity contribution >= 4 is 11.8 Å². The first kappa shape index (κ1) is 11.0. The van der Waals surface area contributed by atoms with Crippen LogP contribution in [0.25, 0.3) is 0 Å². The van der Waals surface area contributed by atoms with E-state index in [2.05, 4.69) is 36.0 Å². The average molecular weight is 221 g/mol. The van der Waals surface area contributed by atoms with Gasteiger partial charge >= 0.3 is 0 Å². The van der Waals surface area contributed by atoms with Gasteiger partial charge < -0.3 is 5.73 Å². The highest BCUT2D eigenvalue weighted by Gasteiger charge is 2.19. The summed E-state index contributed by atoms with van der Waals surface area (Å²) in [7, 11) is 0. The van der Waals surface area contributed by atoms with Crippen molar-refractivity contribution in [3.63, 3.8) is 0 Å². The van der Waals surface area contributed by atoms with E-state index >= 15 is 0 Å². The average Bonchev–Trinajstić information content (AvgIpc) is 2.80. The van der Waals surface area contributed by atoms with Crippen LogP contribution in [0.4, 0.5) is 0 Å². The second-order valence-corrected chi connectivity index (χ2v) is 5.30. The highest BCUT2D eigenvalue weighted by molar-refractivity contribution is 7.99. The quantitative estimate of drug-likeness (QED) is 0.846. The number of nitrogens with two attached hydrogens (primary N) is 1. The maximum absolute atomic E-state index is 5.58. The first-order chi connectivity index (χ1) is 7.42. The van der Waals surface area contributed by atoms with Gasteiger partial charge in [0.25, 0.3) is 0 Å². The standard InChI is InChI=1S/C13H19NS/c14-8-3-5-11-4-1-2-6-13(11)12-7-9-15-10-12/h1-2,4,6,12H,3,5,7-10,14H2. The molecule has 1 aliphatic rings. The monoisotopic (exact) mass is 221 g/mol. The van der Waals surface area contributed by atoms with Crippen LogP contribution in [-0.2, 0) is 6.42 Å². The topological polar surface area (TPSA) is 26.0 Å². The molecule has 1 aromatic carbocycles. The van der Waals surface area contributed by atoms with Gasteiger partial charge in [0.1, 0.15) is 0 Å². The minimum absolute atomic E-state index is 0.795. The molecule has 1 saturated heterocycles. The number of benzene rings is 1. The van der Waals surface area contributed by atoms with Gasteiger partial charge in [0.2, 0.25) is 0 Å². The van der Waals surface area contributed by atoms with Crippen LogP contribution >= 0.6 is 11.8 Å². The first-order valence-corrected chi connectivity index (χ1v) is 6.93. The molecule has 0 aliphatic carbocycles. The smallest absolute Gasteiger partial charge is 0.000187 e. The Hall–Kier alpha value is -0.470.